The molecule has 0 saturated heterocycles. The first-order valence-electron chi connectivity index (χ1n) is 12.4. The third-order valence-corrected chi connectivity index (χ3v) is 7.21. The standard InChI is InChI=1S/C30H33ClN2O3/c1-6-36-29(35)30(12-13-30)33-28(34)27-19(3)15-24(16-20(27)4)23-8-7-9-25(17-23)32-21(5)22-10-11-26(31)18(2)14-22/h7-11,14-17,21,32H,6,12-13H2,1-5H3,(H,33,34)/t21-/m1/s1. The van der Waals surface area contributed by atoms with Crippen molar-refractivity contribution in [1.82, 2.24) is 5.32 Å². The Morgan fingerprint density at radius 1 is 0.972 bits per heavy atom. The number of carbonyl (C=O) groups is 2. The average Bonchev–Trinajstić information content (AvgIpc) is 3.61. The number of esters is 1. The third-order valence-electron chi connectivity index (χ3n) is 6.79. The number of halogens is 1. The van der Waals surface area contributed by atoms with Gasteiger partial charge in [0.2, 0.25) is 0 Å². The quantitative estimate of drug-likeness (QED) is 0.326. The van der Waals surface area contributed by atoms with E-state index < -0.39 is 5.54 Å². The molecule has 3 aromatic carbocycles. The van der Waals surface area contributed by atoms with Gasteiger partial charge in [0.05, 0.1) is 6.61 Å². The van der Waals surface area contributed by atoms with Gasteiger partial charge in [0.15, 0.2) is 0 Å². The summed E-state index contributed by atoms with van der Waals surface area (Å²) in [5.41, 5.74) is 6.79. The van der Waals surface area contributed by atoms with Crippen LogP contribution in [0.5, 0.6) is 0 Å². The number of carbonyl (C=O) groups excluding carboxylic acids is 2. The molecule has 1 amide bonds. The van der Waals surface area contributed by atoms with Crippen molar-refractivity contribution in [2.75, 3.05) is 11.9 Å². The van der Waals surface area contributed by atoms with Crippen LogP contribution in [0, 0.1) is 20.8 Å². The van der Waals surface area contributed by atoms with Crippen molar-refractivity contribution in [2.24, 2.45) is 0 Å². The van der Waals surface area contributed by atoms with E-state index in [-0.39, 0.29) is 17.9 Å². The second kappa shape index (κ2) is 10.4. The maximum Gasteiger partial charge on any atom is 0.331 e. The molecule has 0 radical (unpaired) electrons. The molecule has 0 unspecified atom stereocenters. The van der Waals surface area contributed by atoms with Crippen molar-refractivity contribution in [1.29, 1.82) is 0 Å². The molecule has 2 N–H and O–H groups in total. The summed E-state index contributed by atoms with van der Waals surface area (Å²) in [7, 11) is 0. The van der Waals surface area contributed by atoms with Crippen LogP contribution < -0.4 is 10.6 Å². The van der Waals surface area contributed by atoms with E-state index in [1.54, 1.807) is 6.92 Å². The second-order valence-corrected chi connectivity index (χ2v) is 10.1. The highest BCUT2D eigenvalue weighted by atomic mass is 35.5. The van der Waals surface area contributed by atoms with Crippen LogP contribution in [-0.4, -0.2) is 24.0 Å². The molecule has 6 heteroatoms. The highest BCUT2D eigenvalue weighted by molar-refractivity contribution is 6.31. The molecule has 0 spiro atoms. The fourth-order valence-electron chi connectivity index (χ4n) is 4.60. The molecule has 1 aliphatic carbocycles. The number of rotatable bonds is 8. The van der Waals surface area contributed by atoms with E-state index in [9.17, 15) is 9.59 Å². The molecule has 0 bridgehead atoms. The minimum Gasteiger partial charge on any atom is -0.464 e. The van der Waals surface area contributed by atoms with Crippen molar-refractivity contribution in [3.05, 3.63) is 87.4 Å². The number of ether oxygens (including phenoxy) is 1. The largest absolute Gasteiger partial charge is 0.464 e. The number of hydrogen-bond acceptors (Lipinski definition) is 4. The van der Waals surface area contributed by atoms with E-state index in [0.29, 0.717) is 25.0 Å². The van der Waals surface area contributed by atoms with E-state index in [0.717, 1.165) is 38.5 Å². The molecule has 36 heavy (non-hydrogen) atoms. The van der Waals surface area contributed by atoms with Gasteiger partial charge in [0.25, 0.3) is 5.91 Å². The Kier molecular flexibility index (Phi) is 7.41. The summed E-state index contributed by atoms with van der Waals surface area (Å²) in [6, 6.07) is 18.5. The lowest BCUT2D eigenvalue weighted by Gasteiger charge is -2.19. The molecule has 0 aromatic heterocycles. The lowest BCUT2D eigenvalue weighted by molar-refractivity contribution is -0.146. The molecule has 0 heterocycles. The molecule has 1 atom stereocenters. The van der Waals surface area contributed by atoms with Crippen molar-refractivity contribution in [3.63, 3.8) is 0 Å². The van der Waals surface area contributed by atoms with E-state index in [4.69, 9.17) is 16.3 Å². The van der Waals surface area contributed by atoms with Gasteiger partial charge in [-0.2, -0.15) is 0 Å². The van der Waals surface area contributed by atoms with E-state index >= 15 is 0 Å². The van der Waals surface area contributed by atoms with Crippen LogP contribution in [0.2, 0.25) is 5.02 Å². The molecule has 188 valence electrons. The molecule has 1 saturated carbocycles. The summed E-state index contributed by atoms with van der Waals surface area (Å²) in [6.07, 6.45) is 1.23. The first-order chi connectivity index (χ1) is 17.1. The lowest BCUT2D eigenvalue weighted by Crippen LogP contribution is -2.44. The van der Waals surface area contributed by atoms with Crippen LogP contribution in [0.25, 0.3) is 11.1 Å². The Labute approximate surface area is 218 Å². The number of amides is 1. The van der Waals surface area contributed by atoms with E-state index in [1.165, 1.54) is 5.56 Å². The van der Waals surface area contributed by atoms with Crippen LogP contribution in [0.1, 0.15) is 65.3 Å². The fourth-order valence-corrected chi connectivity index (χ4v) is 4.72. The fraction of sp³-hybridized carbons (Fsp3) is 0.333. The number of nitrogens with one attached hydrogen (secondary N) is 2. The van der Waals surface area contributed by atoms with Crippen LogP contribution in [0.3, 0.4) is 0 Å². The zero-order chi connectivity index (χ0) is 26.0. The predicted molar refractivity (Wildman–Crippen MR) is 146 cm³/mol. The first kappa shape index (κ1) is 25.8. The monoisotopic (exact) mass is 504 g/mol. The predicted octanol–water partition coefficient (Wildman–Crippen LogP) is 6.93. The van der Waals surface area contributed by atoms with Crippen LogP contribution in [-0.2, 0) is 9.53 Å². The minimum absolute atomic E-state index is 0.111. The van der Waals surface area contributed by atoms with Crippen LogP contribution in [0.15, 0.2) is 54.6 Å². The third kappa shape index (κ3) is 5.41. The van der Waals surface area contributed by atoms with Gasteiger partial charge in [-0.05, 0) is 99.0 Å². The summed E-state index contributed by atoms with van der Waals surface area (Å²) < 4.78 is 5.16. The number of hydrogen-bond donors (Lipinski definition) is 2. The molecule has 5 nitrogen and oxygen atoms in total. The highest BCUT2D eigenvalue weighted by Gasteiger charge is 2.52. The molecule has 0 aliphatic heterocycles. The Morgan fingerprint density at radius 3 is 2.28 bits per heavy atom. The van der Waals surface area contributed by atoms with Gasteiger partial charge < -0.3 is 15.4 Å². The van der Waals surface area contributed by atoms with Gasteiger partial charge in [0, 0.05) is 22.3 Å². The SMILES string of the molecule is CCOC(=O)C1(NC(=O)c2c(C)cc(-c3cccc(N[C@H](C)c4ccc(Cl)c(C)c4)c3)cc2C)CC1. The Bertz CT molecular complexity index is 1290. The summed E-state index contributed by atoms with van der Waals surface area (Å²) in [6.45, 7) is 10.1. The molecular formula is C30H33ClN2O3. The zero-order valence-electron chi connectivity index (χ0n) is 21.5. The normalized spacial score (nSPS) is 14.6. The van der Waals surface area contributed by atoms with Gasteiger partial charge in [-0.3, -0.25) is 4.79 Å². The zero-order valence-corrected chi connectivity index (χ0v) is 22.3. The van der Waals surface area contributed by atoms with E-state index in [2.05, 4.69) is 41.8 Å². The van der Waals surface area contributed by atoms with Crippen molar-refractivity contribution in [2.45, 2.75) is 59.0 Å². The molecule has 1 fully saturated rings. The second-order valence-electron chi connectivity index (χ2n) is 9.70. The van der Waals surface area contributed by atoms with Gasteiger partial charge in [-0.25, -0.2) is 4.79 Å². The van der Waals surface area contributed by atoms with Gasteiger partial charge in [-0.1, -0.05) is 48.0 Å². The van der Waals surface area contributed by atoms with E-state index in [1.807, 2.05) is 51.1 Å². The lowest BCUT2D eigenvalue weighted by atomic mass is 9.94. The molecular weight excluding hydrogens is 472 g/mol. The van der Waals surface area contributed by atoms with Gasteiger partial charge in [0.1, 0.15) is 5.54 Å². The highest BCUT2D eigenvalue weighted by Crippen LogP contribution is 2.37. The van der Waals surface area contributed by atoms with Crippen LogP contribution in [0.4, 0.5) is 5.69 Å². The Morgan fingerprint density at radius 2 is 1.67 bits per heavy atom. The summed E-state index contributed by atoms with van der Waals surface area (Å²) >= 11 is 6.19. The van der Waals surface area contributed by atoms with Gasteiger partial charge >= 0.3 is 5.97 Å². The Hall–Kier alpha value is -3.31. The maximum absolute atomic E-state index is 13.1. The molecule has 3 aromatic rings. The maximum atomic E-state index is 13.1. The minimum atomic E-state index is -0.871. The van der Waals surface area contributed by atoms with Crippen molar-refractivity contribution < 1.29 is 14.3 Å². The van der Waals surface area contributed by atoms with Gasteiger partial charge in [-0.15, -0.1) is 0 Å². The summed E-state index contributed by atoms with van der Waals surface area (Å²) in [5, 5.41) is 7.28. The van der Waals surface area contributed by atoms with Crippen molar-refractivity contribution >= 4 is 29.2 Å². The summed E-state index contributed by atoms with van der Waals surface area (Å²) in [4.78, 5) is 25.4. The first-order valence-corrected chi connectivity index (χ1v) is 12.8. The topological polar surface area (TPSA) is 67.4 Å². The smallest absolute Gasteiger partial charge is 0.331 e. The Balaban J connectivity index is 1.53. The molecule has 4 rings (SSSR count). The van der Waals surface area contributed by atoms with Crippen LogP contribution >= 0.6 is 11.6 Å². The van der Waals surface area contributed by atoms with Crippen molar-refractivity contribution in [3.8, 4) is 11.1 Å². The number of anilines is 1. The number of benzene rings is 3. The number of aryl methyl sites for hydroxylation is 3. The molecule has 1 aliphatic rings. The average molecular weight is 505 g/mol. The summed E-state index contributed by atoms with van der Waals surface area (Å²) in [5.74, 6) is -0.581.